The lowest BCUT2D eigenvalue weighted by molar-refractivity contribution is -0.143. The van der Waals surface area contributed by atoms with Gasteiger partial charge in [0, 0.05) is 23.7 Å². The van der Waals surface area contributed by atoms with Gasteiger partial charge in [-0.3, -0.25) is 9.59 Å². The average Bonchev–Trinajstić information content (AvgIpc) is 2.38. The molecule has 0 radical (unpaired) electrons. The summed E-state index contributed by atoms with van der Waals surface area (Å²) >= 11 is 5.87. The summed E-state index contributed by atoms with van der Waals surface area (Å²) in [5.74, 6) is -1.39. The second-order valence-corrected chi connectivity index (χ2v) is 5.32. The van der Waals surface area contributed by atoms with E-state index in [2.05, 4.69) is 0 Å². The highest BCUT2D eigenvalue weighted by atomic mass is 35.5. The summed E-state index contributed by atoms with van der Waals surface area (Å²) in [5, 5.41) is 9.64. The molecule has 0 aliphatic carbocycles. The zero-order chi connectivity index (χ0) is 14.0. The van der Waals surface area contributed by atoms with E-state index < -0.39 is 11.9 Å². The number of hydrogen-bond donors (Lipinski definition) is 1. The molecule has 0 spiro atoms. The number of nitrogens with zero attached hydrogens (tertiary/aromatic N) is 1. The highest BCUT2D eigenvalue weighted by Crippen LogP contribution is 2.21. The number of rotatable bonds is 2. The van der Waals surface area contributed by atoms with Crippen molar-refractivity contribution in [2.24, 2.45) is 5.92 Å². The Hall–Kier alpha value is -1.55. The summed E-state index contributed by atoms with van der Waals surface area (Å²) in [6.45, 7) is 2.73. The van der Waals surface area contributed by atoms with E-state index >= 15 is 0 Å². The Morgan fingerprint density at radius 3 is 2.79 bits per heavy atom. The topological polar surface area (TPSA) is 57.6 Å². The number of amides is 1. The van der Waals surface area contributed by atoms with Crippen molar-refractivity contribution in [3.63, 3.8) is 0 Å². The molecule has 1 aromatic rings. The maximum absolute atomic E-state index is 12.4. The van der Waals surface area contributed by atoms with Gasteiger partial charge in [0.2, 0.25) is 0 Å². The molecule has 102 valence electrons. The Morgan fingerprint density at radius 1 is 1.42 bits per heavy atom. The quantitative estimate of drug-likeness (QED) is 0.906. The minimum atomic E-state index is -0.828. The first-order valence-corrected chi connectivity index (χ1v) is 6.65. The Bertz CT molecular complexity index is 515. The number of carbonyl (C=O) groups is 2. The lowest BCUT2D eigenvalue weighted by Crippen LogP contribution is -2.42. The number of likely N-dealkylation sites (tertiary alicyclic amines) is 1. The molecule has 1 aromatic carbocycles. The van der Waals surface area contributed by atoms with Gasteiger partial charge in [-0.25, -0.2) is 0 Å². The van der Waals surface area contributed by atoms with E-state index in [1.807, 2.05) is 6.92 Å². The first-order valence-electron chi connectivity index (χ1n) is 6.27. The maximum Gasteiger partial charge on any atom is 0.308 e. The molecule has 2 rings (SSSR count). The van der Waals surface area contributed by atoms with Gasteiger partial charge in [-0.1, -0.05) is 11.6 Å². The van der Waals surface area contributed by atoms with Crippen LogP contribution in [0.2, 0.25) is 5.02 Å². The lowest BCUT2D eigenvalue weighted by atomic mass is 9.97. The molecule has 1 heterocycles. The van der Waals surface area contributed by atoms with Crippen molar-refractivity contribution in [1.82, 2.24) is 4.90 Å². The molecule has 0 saturated carbocycles. The van der Waals surface area contributed by atoms with E-state index in [9.17, 15) is 9.59 Å². The van der Waals surface area contributed by atoms with E-state index in [0.717, 1.165) is 12.0 Å². The van der Waals surface area contributed by atoms with Gasteiger partial charge in [0.05, 0.1) is 5.92 Å². The van der Waals surface area contributed by atoms with Crippen molar-refractivity contribution in [1.29, 1.82) is 0 Å². The Labute approximate surface area is 117 Å². The molecule has 1 unspecified atom stereocenters. The van der Waals surface area contributed by atoms with Crippen molar-refractivity contribution in [2.45, 2.75) is 19.8 Å². The second-order valence-electron chi connectivity index (χ2n) is 4.89. The number of carboxylic acids is 1. The van der Waals surface area contributed by atoms with Gasteiger partial charge in [-0.15, -0.1) is 0 Å². The number of aliphatic carboxylic acids is 1. The van der Waals surface area contributed by atoms with Crippen LogP contribution in [-0.2, 0) is 4.79 Å². The number of piperidine rings is 1. The third-order valence-electron chi connectivity index (χ3n) is 3.48. The highest BCUT2D eigenvalue weighted by molar-refractivity contribution is 6.30. The van der Waals surface area contributed by atoms with Crippen LogP contribution in [0.15, 0.2) is 18.2 Å². The normalized spacial score (nSPS) is 19.3. The fourth-order valence-electron chi connectivity index (χ4n) is 2.40. The van der Waals surface area contributed by atoms with Crippen molar-refractivity contribution >= 4 is 23.5 Å². The molecule has 1 aliphatic heterocycles. The SMILES string of the molecule is Cc1cc(Cl)ccc1C(=O)N1CCCC(C(=O)O)C1. The molecule has 5 heteroatoms. The summed E-state index contributed by atoms with van der Waals surface area (Å²) in [5.41, 5.74) is 1.41. The molecule has 1 N–H and O–H groups in total. The van der Waals surface area contributed by atoms with Gasteiger partial charge < -0.3 is 10.0 Å². The average molecular weight is 282 g/mol. The summed E-state index contributed by atoms with van der Waals surface area (Å²) in [6, 6.07) is 5.12. The number of carbonyl (C=O) groups excluding carboxylic acids is 1. The molecular weight excluding hydrogens is 266 g/mol. The molecule has 0 bridgehead atoms. The van der Waals surface area contributed by atoms with E-state index in [4.69, 9.17) is 16.7 Å². The third-order valence-corrected chi connectivity index (χ3v) is 3.71. The highest BCUT2D eigenvalue weighted by Gasteiger charge is 2.29. The van der Waals surface area contributed by atoms with Crippen LogP contribution in [0.25, 0.3) is 0 Å². The largest absolute Gasteiger partial charge is 0.481 e. The molecule has 1 amide bonds. The summed E-state index contributed by atoms with van der Waals surface area (Å²) < 4.78 is 0. The minimum Gasteiger partial charge on any atom is -0.481 e. The second kappa shape index (κ2) is 5.61. The van der Waals surface area contributed by atoms with E-state index in [0.29, 0.717) is 23.6 Å². The van der Waals surface area contributed by atoms with Gasteiger partial charge in [-0.05, 0) is 43.5 Å². The van der Waals surface area contributed by atoms with E-state index in [1.54, 1.807) is 23.1 Å². The molecule has 1 atom stereocenters. The summed E-state index contributed by atoms with van der Waals surface area (Å²) in [4.78, 5) is 25.0. The van der Waals surface area contributed by atoms with E-state index in [1.165, 1.54) is 0 Å². The standard InChI is InChI=1S/C14H16ClNO3/c1-9-7-11(15)4-5-12(9)13(17)16-6-2-3-10(8-16)14(18)19/h4-5,7,10H,2-3,6,8H2,1H3,(H,18,19). The number of hydrogen-bond acceptors (Lipinski definition) is 2. The first kappa shape index (κ1) is 13.9. The Balaban J connectivity index is 2.17. The fraction of sp³-hybridized carbons (Fsp3) is 0.429. The fourth-order valence-corrected chi connectivity index (χ4v) is 2.63. The minimum absolute atomic E-state index is 0.111. The predicted molar refractivity (Wildman–Crippen MR) is 72.5 cm³/mol. The first-order chi connectivity index (χ1) is 8.99. The molecular formula is C14H16ClNO3. The predicted octanol–water partition coefficient (Wildman–Crippen LogP) is 2.59. The van der Waals surface area contributed by atoms with Crippen molar-refractivity contribution in [2.75, 3.05) is 13.1 Å². The smallest absolute Gasteiger partial charge is 0.308 e. The van der Waals surface area contributed by atoms with Crippen LogP contribution < -0.4 is 0 Å². The molecule has 1 fully saturated rings. The van der Waals surface area contributed by atoms with Gasteiger partial charge in [0.25, 0.3) is 5.91 Å². The zero-order valence-corrected chi connectivity index (χ0v) is 11.5. The van der Waals surface area contributed by atoms with Gasteiger partial charge in [0.1, 0.15) is 0 Å². The molecule has 19 heavy (non-hydrogen) atoms. The summed E-state index contributed by atoms with van der Waals surface area (Å²) in [6.07, 6.45) is 1.37. The van der Waals surface area contributed by atoms with Crippen LogP contribution in [-0.4, -0.2) is 35.0 Å². The van der Waals surface area contributed by atoms with Crippen LogP contribution in [0.1, 0.15) is 28.8 Å². The van der Waals surface area contributed by atoms with Crippen LogP contribution in [0.4, 0.5) is 0 Å². The summed E-state index contributed by atoms with van der Waals surface area (Å²) in [7, 11) is 0. The number of aryl methyl sites for hydroxylation is 1. The monoisotopic (exact) mass is 281 g/mol. The molecule has 1 saturated heterocycles. The number of halogens is 1. The van der Waals surface area contributed by atoms with Crippen LogP contribution >= 0.6 is 11.6 Å². The van der Waals surface area contributed by atoms with Crippen molar-refractivity contribution in [3.8, 4) is 0 Å². The molecule has 4 nitrogen and oxygen atoms in total. The van der Waals surface area contributed by atoms with Gasteiger partial charge in [-0.2, -0.15) is 0 Å². The maximum atomic E-state index is 12.4. The lowest BCUT2D eigenvalue weighted by Gasteiger charge is -2.31. The number of benzene rings is 1. The van der Waals surface area contributed by atoms with Crippen molar-refractivity contribution in [3.05, 3.63) is 34.3 Å². The van der Waals surface area contributed by atoms with Crippen molar-refractivity contribution < 1.29 is 14.7 Å². The van der Waals surface area contributed by atoms with Gasteiger partial charge in [0.15, 0.2) is 0 Å². The third kappa shape index (κ3) is 3.07. The zero-order valence-electron chi connectivity index (χ0n) is 10.7. The Morgan fingerprint density at radius 2 is 2.16 bits per heavy atom. The Kier molecular flexibility index (Phi) is 4.10. The van der Waals surface area contributed by atoms with Crippen LogP contribution in [0, 0.1) is 12.8 Å². The van der Waals surface area contributed by atoms with Crippen LogP contribution in [0.5, 0.6) is 0 Å². The molecule has 1 aliphatic rings. The molecule has 0 aromatic heterocycles. The van der Waals surface area contributed by atoms with Crippen LogP contribution in [0.3, 0.4) is 0 Å². The van der Waals surface area contributed by atoms with E-state index in [-0.39, 0.29) is 12.5 Å². The number of carboxylic acid groups (broad SMARTS) is 1. The van der Waals surface area contributed by atoms with Gasteiger partial charge >= 0.3 is 5.97 Å².